The maximum Gasteiger partial charge on any atom is 0.186 e. The molecule has 5 heteroatoms. The maximum absolute atomic E-state index is 5.90. The molecule has 1 fully saturated rings. The summed E-state index contributed by atoms with van der Waals surface area (Å²) < 4.78 is 12.6. The highest BCUT2D eigenvalue weighted by molar-refractivity contribution is 9.11. The predicted molar refractivity (Wildman–Crippen MR) is 60.9 cm³/mol. The lowest BCUT2D eigenvalue weighted by Crippen LogP contribution is -2.03. The van der Waals surface area contributed by atoms with Crippen molar-refractivity contribution in [3.05, 3.63) is 26.6 Å². The second-order valence-electron chi connectivity index (χ2n) is 2.96. The van der Waals surface area contributed by atoms with Crippen molar-refractivity contribution in [1.29, 1.82) is 0 Å². The molecule has 2 N–H and O–H groups in total. The summed E-state index contributed by atoms with van der Waals surface area (Å²) in [5, 5.41) is 0. The van der Waals surface area contributed by atoms with Gasteiger partial charge in [-0.1, -0.05) is 15.9 Å². The van der Waals surface area contributed by atoms with Crippen molar-refractivity contribution in [3.8, 4) is 0 Å². The Bertz CT molecular complexity index is 351. The van der Waals surface area contributed by atoms with Gasteiger partial charge in [0.15, 0.2) is 6.29 Å². The Morgan fingerprint density at radius 2 is 1.86 bits per heavy atom. The zero-order chi connectivity index (χ0) is 10.1. The molecule has 0 unspecified atom stereocenters. The third-order valence-electron chi connectivity index (χ3n) is 2.00. The van der Waals surface area contributed by atoms with Crippen molar-refractivity contribution in [2.75, 3.05) is 18.9 Å². The summed E-state index contributed by atoms with van der Waals surface area (Å²) in [7, 11) is 0. The number of hydrogen-bond donors (Lipinski definition) is 1. The summed E-state index contributed by atoms with van der Waals surface area (Å²) >= 11 is 6.78. The molecule has 1 aliphatic rings. The van der Waals surface area contributed by atoms with Crippen LogP contribution in [0, 0.1) is 0 Å². The van der Waals surface area contributed by atoms with E-state index in [1.54, 1.807) is 0 Å². The minimum Gasteiger partial charge on any atom is -0.397 e. The molecule has 76 valence electrons. The quantitative estimate of drug-likeness (QED) is 0.809. The second-order valence-corrected chi connectivity index (χ2v) is 4.73. The molecule has 1 aromatic carbocycles. The summed E-state index contributed by atoms with van der Waals surface area (Å²) in [5.41, 5.74) is 7.43. The second kappa shape index (κ2) is 4.18. The normalized spacial score (nSPS) is 17.6. The highest BCUT2D eigenvalue weighted by Gasteiger charge is 2.22. The van der Waals surface area contributed by atoms with Gasteiger partial charge in [0.2, 0.25) is 0 Å². The van der Waals surface area contributed by atoms with Crippen LogP contribution >= 0.6 is 31.9 Å². The first kappa shape index (κ1) is 10.4. The van der Waals surface area contributed by atoms with Crippen molar-refractivity contribution >= 4 is 37.5 Å². The van der Waals surface area contributed by atoms with Gasteiger partial charge in [0.05, 0.1) is 18.9 Å². The third kappa shape index (κ3) is 1.95. The van der Waals surface area contributed by atoms with Gasteiger partial charge in [-0.05, 0) is 28.1 Å². The Labute approximate surface area is 98.8 Å². The molecular weight excluding hydrogens is 314 g/mol. The summed E-state index contributed by atoms with van der Waals surface area (Å²) in [5.74, 6) is 0. The van der Waals surface area contributed by atoms with Crippen LogP contribution in [0.5, 0.6) is 0 Å². The zero-order valence-corrected chi connectivity index (χ0v) is 10.5. The molecule has 2 rings (SSSR count). The molecule has 1 heterocycles. The van der Waals surface area contributed by atoms with Crippen molar-refractivity contribution in [2.24, 2.45) is 0 Å². The number of hydrogen-bond acceptors (Lipinski definition) is 3. The topological polar surface area (TPSA) is 44.5 Å². The van der Waals surface area contributed by atoms with Crippen LogP contribution in [0.2, 0.25) is 0 Å². The molecular formula is C9H9Br2NO2. The van der Waals surface area contributed by atoms with E-state index in [1.165, 1.54) is 0 Å². The fourth-order valence-electron chi connectivity index (χ4n) is 1.34. The molecule has 1 aromatic rings. The molecule has 0 radical (unpaired) electrons. The fraction of sp³-hybridized carbons (Fsp3) is 0.333. The summed E-state index contributed by atoms with van der Waals surface area (Å²) in [6.45, 7) is 1.24. The molecule has 14 heavy (non-hydrogen) atoms. The standard InChI is InChI=1S/C9H9Br2NO2/c10-5-3-6(8(12)7(11)4-5)9-13-1-2-14-9/h3-4,9H,1-2,12H2. The van der Waals surface area contributed by atoms with E-state index in [-0.39, 0.29) is 6.29 Å². The number of rotatable bonds is 1. The lowest BCUT2D eigenvalue weighted by Gasteiger charge is -2.13. The molecule has 0 aromatic heterocycles. The van der Waals surface area contributed by atoms with Crippen LogP contribution in [0.1, 0.15) is 11.9 Å². The van der Waals surface area contributed by atoms with Crippen molar-refractivity contribution in [3.63, 3.8) is 0 Å². The Kier molecular flexibility index (Phi) is 3.11. The molecule has 0 atom stereocenters. The van der Waals surface area contributed by atoms with Crippen LogP contribution in [-0.4, -0.2) is 13.2 Å². The molecule has 1 saturated heterocycles. The smallest absolute Gasteiger partial charge is 0.186 e. The highest BCUT2D eigenvalue weighted by Crippen LogP contribution is 2.35. The van der Waals surface area contributed by atoms with Crippen LogP contribution in [0.4, 0.5) is 5.69 Å². The van der Waals surface area contributed by atoms with Crippen LogP contribution in [-0.2, 0) is 9.47 Å². The van der Waals surface area contributed by atoms with Crippen molar-refractivity contribution < 1.29 is 9.47 Å². The molecule has 0 aliphatic carbocycles. The van der Waals surface area contributed by atoms with Gasteiger partial charge in [-0.25, -0.2) is 0 Å². The average Bonchev–Trinajstić information content (AvgIpc) is 2.63. The van der Waals surface area contributed by atoms with E-state index in [1.807, 2.05) is 12.1 Å². The minimum atomic E-state index is -0.330. The van der Waals surface area contributed by atoms with Gasteiger partial charge < -0.3 is 15.2 Å². The molecule has 0 bridgehead atoms. The van der Waals surface area contributed by atoms with Crippen LogP contribution in [0.15, 0.2) is 21.1 Å². The van der Waals surface area contributed by atoms with Gasteiger partial charge in [-0.15, -0.1) is 0 Å². The average molecular weight is 323 g/mol. The summed E-state index contributed by atoms with van der Waals surface area (Å²) in [6.07, 6.45) is -0.330. The molecule has 1 aliphatic heterocycles. The van der Waals surface area contributed by atoms with E-state index in [2.05, 4.69) is 31.9 Å². The third-order valence-corrected chi connectivity index (χ3v) is 3.12. The maximum atomic E-state index is 5.90. The van der Waals surface area contributed by atoms with E-state index in [9.17, 15) is 0 Å². The number of halogens is 2. The fourth-order valence-corrected chi connectivity index (χ4v) is 2.60. The minimum absolute atomic E-state index is 0.330. The largest absolute Gasteiger partial charge is 0.397 e. The van der Waals surface area contributed by atoms with E-state index in [0.717, 1.165) is 14.5 Å². The lowest BCUT2D eigenvalue weighted by molar-refractivity contribution is -0.0436. The SMILES string of the molecule is Nc1c(Br)cc(Br)cc1C1OCCO1. The van der Waals surface area contributed by atoms with Gasteiger partial charge in [-0.2, -0.15) is 0 Å². The molecule has 0 spiro atoms. The molecule has 0 amide bonds. The predicted octanol–water partition coefficient (Wildman–Crippen LogP) is 2.84. The van der Waals surface area contributed by atoms with E-state index >= 15 is 0 Å². The van der Waals surface area contributed by atoms with Gasteiger partial charge >= 0.3 is 0 Å². The highest BCUT2D eigenvalue weighted by atomic mass is 79.9. The zero-order valence-electron chi connectivity index (χ0n) is 7.30. The lowest BCUT2D eigenvalue weighted by atomic mass is 10.2. The van der Waals surface area contributed by atoms with Gasteiger partial charge in [0.25, 0.3) is 0 Å². The number of ether oxygens (including phenoxy) is 2. The Morgan fingerprint density at radius 3 is 2.50 bits per heavy atom. The Hall–Kier alpha value is -0.100. The van der Waals surface area contributed by atoms with Crippen LogP contribution in [0.25, 0.3) is 0 Å². The molecule has 0 saturated carbocycles. The van der Waals surface area contributed by atoms with Crippen molar-refractivity contribution in [1.82, 2.24) is 0 Å². The van der Waals surface area contributed by atoms with Crippen LogP contribution < -0.4 is 5.73 Å². The summed E-state index contributed by atoms with van der Waals surface area (Å²) in [4.78, 5) is 0. The Balaban J connectivity index is 2.40. The molecule has 3 nitrogen and oxygen atoms in total. The summed E-state index contributed by atoms with van der Waals surface area (Å²) in [6, 6.07) is 3.81. The first-order valence-electron chi connectivity index (χ1n) is 4.16. The first-order valence-corrected chi connectivity index (χ1v) is 5.74. The van der Waals surface area contributed by atoms with Crippen molar-refractivity contribution in [2.45, 2.75) is 6.29 Å². The first-order chi connectivity index (χ1) is 6.68. The van der Waals surface area contributed by atoms with E-state index in [0.29, 0.717) is 18.9 Å². The number of anilines is 1. The van der Waals surface area contributed by atoms with Gasteiger partial charge in [-0.3, -0.25) is 0 Å². The van der Waals surface area contributed by atoms with Gasteiger partial charge in [0.1, 0.15) is 0 Å². The van der Waals surface area contributed by atoms with Crippen LogP contribution in [0.3, 0.4) is 0 Å². The Morgan fingerprint density at radius 1 is 1.21 bits per heavy atom. The van der Waals surface area contributed by atoms with E-state index in [4.69, 9.17) is 15.2 Å². The van der Waals surface area contributed by atoms with E-state index < -0.39 is 0 Å². The van der Waals surface area contributed by atoms with Gasteiger partial charge in [0, 0.05) is 14.5 Å². The number of nitrogens with two attached hydrogens (primary N) is 1. The number of benzene rings is 1. The number of nitrogen functional groups attached to an aromatic ring is 1. The monoisotopic (exact) mass is 321 g/mol.